The lowest BCUT2D eigenvalue weighted by Crippen LogP contribution is -2.31. The highest BCUT2D eigenvalue weighted by molar-refractivity contribution is 7.13. The lowest BCUT2D eigenvalue weighted by Gasteiger charge is -2.09. The SMILES string of the molecule is Cc1nc(CC(=O)c2nnn(Cc3ccc(Cl)c(Cl)c3)c2C)sc1C(=O)NCCN(C)C. The summed E-state index contributed by atoms with van der Waals surface area (Å²) >= 11 is 13.3. The largest absolute Gasteiger partial charge is 0.350 e. The molecule has 0 radical (unpaired) electrons. The van der Waals surface area contributed by atoms with Gasteiger partial charge in [0.2, 0.25) is 0 Å². The van der Waals surface area contributed by atoms with E-state index in [1.54, 1.807) is 30.7 Å². The summed E-state index contributed by atoms with van der Waals surface area (Å²) in [4.78, 5) is 32.2. The first kappa shape index (κ1) is 24.3. The van der Waals surface area contributed by atoms with E-state index in [0.29, 0.717) is 44.4 Å². The standard InChI is InChI=1S/C21H24Cl2N6O2S/c1-12-20(21(31)24-7-8-28(3)4)32-18(25-12)10-17(30)19-13(2)29(27-26-19)11-14-5-6-15(22)16(23)9-14/h5-6,9H,7-8,10-11H2,1-4H3,(H,24,31). The van der Waals surface area contributed by atoms with Crippen LogP contribution in [-0.2, 0) is 13.0 Å². The summed E-state index contributed by atoms with van der Waals surface area (Å²) in [6, 6.07) is 5.33. The zero-order chi connectivity index (χ0) is 23.4. The zero-order valence-corrected chi connectivity index (χ0v) is 20.6. The fourth-order valence-corrected chi connectivity index (χ4v) is 4.31. The van der Waals surface area contributed by atoms with Crippen molar-refractivity contribution in [1.29, 1.82) is 0 Å². The van der Waals surface area contributed by atoms with Crippen LogP contribution in [0.3, 0.4) is 0 Å². The Hall–Kier alpha value is -2.33. The smallest absolute Gasteiger partial charge is 0.263 e. The molecule has 0 bridgehead atoms. The van der Waals surface area contributed by atoms with E-state index >= 15 is 0 Å². The van der Waals surface area contributed by atoms with Gasteiger partial charge in [0.15, 0.2) is 11.5 Å². The van der Waals surface area contributed by atoms with E-state index in [2.05, 4.69) is 20.6 Å². The van der Waals surface area contributed by atoms with Crippen molar-refractivity contribution >= 4 is 46.2 Å². The number of benzene rings is 1. The fourth-order valence-electron chi connectivity index (χ4n) is 3.01. The molecule has 0 atom stereocenters. The van der Waals surface area contributed by atoms with Crippen LogP contribution in [0.2, 0.25) is 10.0 Å². The number of hydrogen-bond donors (Lipinski definition) is 1. The van der Waals surface area contributed by atoms with Crippen molar-refractivity contribution in [2.75, 3.05) is 27.2 Å². The third-order valence-electron chi connectivity index (χ3n) is 4.77. The number of nitrogens with zero attached hydrogens (tertiary/aromatic N) is 5. The van der Waals surface area contributed by atoms with Gasteiger partial charge in [-0.2, -0.15) is 0 Å². The number of halogens is 2. The molecule has 0 aliphatic carbocycles. The Morgan fingerprint density at radius 1 is 1.19 bits per heavy atom. The lowest BCUT2D eigenvalue weighted by atomic mass is 10.2. The van der Waals surface area contributed by atoms with Crippen LogP contribution >= 0.6 is 34.5 Å². The summed E-state index contributed by atoms with van der Waals surface area (Å²) in [5, 5.41) is 12.6. The van der Waals surface area contributed by atoms with Crippen molar-refractivity contribution in [3.63, 3.8) is 0 Å². The van der Waals surface area contributed by atoms with E-state index in [1.807, 2.05) is 25.1 Å². The average molecular weight is 495 g/mol. The predicted molar refractivity (Wildman–Crippen MR) is 126 cm³/mol. The third-order valence-corrected chi connectivity index (χ3v) is 6.66. The van der Waals surface area contributed by atoms with Gasteiger partial charge in [-0.1, -0.05) is 34.5 Å². The number of rotatable bonds is 9. The molecule has 2 heterocycles. The molecule has 2 aromatic heterocycles. The number of ketones is 1. The molecule has 170 valence electrons. The molecule has 1 N–H and O–H groups in total. The van der Waals surface area contributed by atoms with Gasteiger partial charge in [0.25, 0.3) is 5.91 Å². The maximum absolute atomic E-state index is 12.8. The molecule has 0 aliphatic rings. The van der Waals surface area contributed by atoms with Crippen molar-refractivity contribution in [2.24, 2.45) is 0 Å². The Bertz CT molecular complexity index is 1140. The number of aryl methyl sites for hydroxylation is 1. The molecule has 3 rings (SSSR count). The molecule has 1 amide bonds. The number of thiazole rings is 1. The topological polar surface area (TPSA) is 93.0 Å². The zero-order valence-electron chi connectivity index (χ0n) is 18.3. The number of carbonyl (C=O) groups excluding carboxylic acids is 2. The van der Waals surface area contributed by atoms with Crippen LogP contribution in [-0.4, -0.2) is 63.8 Å². The summed E-state index contributed by atoms with van der Waals surface area (Å²) in [6.45, 7) is 5.26. The molecule has 0 fully saturated rings. The van der Waals surface area contributed by atoms with Crippen LogP contribution in [0, 0.1) is 13.8 Å². The summed E-state index contributed by atoms with van der Waals surface area (Å²) in [6.07, 6.45) is 0.0583. The highest BCUT2D eigenvalue weighted by atomic mass is 35.5. The first-order chi connectivity index (χ1) is 15.2. The lowest BCUT2D eigenvalue weighted by molar-refractivity contribution is 0.0952. The maximum atomic E-state index is 12.8. The molecule has 3 aromatic rings. The van der Waals surface area contributed by atoms with Crippen molar-refractivity contribution in [2.45, 2.75) is 26.8 Å². The summed E-state index contributed by atoms with van der Waals surface area (Å²) in [7, 11) is 3.88. The molecule has 0 spiro atoms. The highest BCUT2D eigenvalue weighted by Crippen LogP contribution is 2.24. The molecule has 32 heavy (non-hydrogen) atoms. The number of likely N-dealkylation sites (N-methyl/N-ethyl adjacent to an activating group) is 1. The van der Waals surface area contributed by atoms with Gasteiger partial charge in [0, 0.05) is 13.1 Å². The van der Waals surface area contributed by atoms with Crippen LogP contribution in [0.25, 0.3) is 0 Å². The minimum atomic E-state index is -0.198. The number of nitrogens with one attached hydrogen (secondary N) is 1. The van der Waals surface area contributed by atoms with E-state index < -0.39 is 0 Å². The molecule has 0 saturated heterocycles. The van der Waals surface area contributed by atoms with E-state index in [-0.39, 0.29) is 23.8 Å². The Kier molecular flexibility index (Phi) is 8.00. The van der Waals surface area contributed by atoms with Gasteiger partial charge < -0.3 is 10.2 Å². The predicted octanol–water partition coefficient (Wildman–Crippen LogP) is 3.42. The fraction of sp³-hybridized carbons (Fsp3) is 0.381. The van der Waals surface area contributed by atoms with Gasteiger partial charge in [-0.15, -0.1) is 16.4 Å². The van der Waals surface area contributed by atoms with Crippen molar-refractivity contribution in [3.05, 3.63) is 60.8 Å². The second-order valence-corrected chi connectivity index (χ2v) is 9.51. The summed E-state index contributed by atoms with van der Waals surface area (Å²) in [5.74, 6) is -0.375. The number of amides is 1. The average Bonchev–Trinajstić information content (AvgIpc) is 3.27. The van der Waals surface area contributed by atoms with Crippen LogP contribution in [0.5, 0.6) is 0 Å². The van der Waals surface area contributed by atoms with Crippen molar-refractivity contribution in [3.8, 4) is 0 Å². The number of Topliss-reactive ketones (excluding diaryl/α,β-unsaturated/α-hetero) is 1. The van der Waals surface area contributed by atoms with Gasteiger partial charge >= 0.3 is 0 Å². The van der Waals surface area contributed by atoms with Crippen LogP contribution in [0.15, 0.2) is 18.2 Å². The molecular weight excluding hydrogens is 471 g/mol. The number of aromatic nitrogens is 4. The normalized spacial score (nSPS) is 11.2. The van der Waals surface area contributed by atoms with Crippen LogP contribution < -0.4 is 5.32 Å². The van der Waals surface area contributed by atoms with E-state index in [9.17, 15) is 9.59 Å². The molecule has 1 aromatic carbocycles. The van der Waals surface area contributed by atoms with E-state index in [1.165, 1.54) is 11.3 Å². The van der Waals surface area contributed by atoms with Gasteiger partial charge in [0.1, 0.15) is 9.88 Å². The van der Waals surface area contributed by atoms with Crippen molar-refractivity contribution < 1.29 is 9.59 Å². The number of hydrogen-bond acceptors (Lipinski definition) is 7. The third kappa shape index (κ3) is 5.92. The Labute approximate surface area is 200 Å². The van der Waals surface area contributed by atoms with Gasteiger partial charge in [-0.05, 0) is 45.6 Å². The van der Waals surface area contributed by atoms with E-state index in [0.717, 1.165) is 12.1 Å². The molecule has 11 heteroatoms. The van der Waals surface area contributed by atoms with Crippen LogP contribution in [0.1, 0.15) is 42.1 Å². The molecule has 0 unspecified atom stereocenters. The van der Waals surface area contributed by atoms with Gasteiger partial charge in [0.05, 0.1) is 34.4 Å². The summed E-state index contributed by atoms with van der Waals surface area (Å²) < 4.78 is 1.64. The molecular formula is C21H24Cl2N6O2S. The van der Waals surface area contributed by atoms with Gasteiger partial charge in [-0.25, -0.2) is 9.67 Å². The van der Waals surface area contributed by atoms with Gasteiger partial charge in [-0.3, -0.25) is 9.59 Å². The number of carbonyl (C=O) groups is 2. The first-order valence-corrected chi connectivity index (χ1v) is 11.5. The highest BCUT2D eigenvalue weighted by Gasteiger charge is 2.21. The first-order valence-electron chi connectivity index (χ1n) is 9.92. The maximum Gasteiger partial charge on any atom is 0.263 e. The van der Waals surface area contributed by atoms with Crippen molar-refractivity contribution in [1.82, 2.24) is 30.2 Å². The second kappa shape index (κ2) is 10.5. The molecule has 0 saturated carbocycles. The quantitative estimate of drug-likeness (QED) is 0.458. The Morgan fingerprint density at radius 3 is 2.62 bits per heavy atom. The Morgan fingerprint density at radius 2 is 1.94 bits per heavy atom. The monoisotopic (exact) mass is 494 g/mol. The Balaban J connectivity index is 1.67. The van der Waals surface area contributed by atoms with Crippen LogP contribution in [0.4, 0.5) is 0 Å². The molecule has 8 nitrogen and oxygen atoms in total. The molecule has 0 aliphatic heterocycles. The van der Waals surface area contributed by atoms with E-state index in [4.69, 9.17) is 23.2 Å². The minimum absolute atomic E-state index is 0.0583. The second-order valence-electron chi connectivity index (χ2n) is 7.61. The summed E-state index contributed by atoms with van der Waals surface area (Å²) in [5.41, 5.74) is 2.44. The minimum Gasteiger partial charge on any atom is -0.350 e.